The third-order valence-electron chi connectivity index (χ3n) is 4.15. The van der Waals surface area contributed by atoms with Crippen molar-refractivity contribution in [3.63, 3.8) is 0 Å². The Morgan fingerprint density at radius 1 is 1.12 bits per heavy atom. The highest BCUT2D eigenvalue weighted by molar-refractivity contribution is 5.98. The zero-order chi connectivity index (χ0) is 17.6. The van der Waals surface area contributed by atoms with Gasteiger partial charge in [-0.3, -0.25) is 5.10 Å². The molecule has 0 fully saturated rings. The fraction of sp³-hybridized carbons (Fsp3) is 0.263. The van der Waals surface area contributed by atoms with Crippen LogP contribution in [0.3, 0.4) is 0 Å². The Labute approximate surface area is 145 Å². The molecule has 3 heterocycles. The molecule has 0 aliphatic rings. The molecule has 6 heteroatoms. The van der Waals surface area contributed by atoms with Crippen molar-refractivity contribution in [3.8, 4) is 11.1 Å². The minimum atomic E-state index is -0.183. The van der Waals surface area contributed by atoms with Gasteiger partial charge in [-0.2, -0.15) is 5.10 Å². The summed E-state index contributed by atoms with van der Waals surface area (Å²) in [6.45, 7) is 6.66. The van der Waals surface area contributed by atoms with E-state index in [2.05, 4.69) is 38.4 Å². The average Bonchev–Trinajstić information content (AvgIpc) is 3.15. The highest BCUT2D eigenvalue weighted by atomic mass is 16.5. The van der Waals surface area contributed by atoms with Crippen molar-refractivity contribution in [1.82, 2.24) is 20.2 Å². The van der Waals surface area contributed by atoms with Gasteiger partial charge in [0.2, 0.25) is 0 Å². The zero-order valence-corrected chi connectivity index (χ0v) is 14.6. The number of fused-ring (bicyclic) bond motifs is 2. The molecule has 4 rings (SSSR count). The molecule has 25 heavy (non-hydrogen) atoms. The predicted molar refractivity (Wildman–Crippen MR) is 100 cm³/mol. The number of hydrogen-bond donors (Lipinski definition) is 3. The number of rotatable bonds is 3. The molecule has 3 aromatic heterocycles. The van der Waals surface area contributed by atoms with Crippen LogP contribution in [-0.2, 0) is 11.3 Å². The Balaban J connectivity index is 1.78. The largest absolute Gasteiger partial charge is 0.382 e. The monoisotopic (exact) mass is 335 g/mol. The number of aromatic amines is 2. The van der Waals surface area contributed by atoms with E-state index in [4.69, 9.17) is 10.5 Å². The smallest absolute Gasteiger partial charge is 0.153 e. The lowest BCUT2D eigenvalue weighted by atomic mass is 10.0. The number of aromatic nitrogens is 4. The second kappa shape index (κ2) is 5.60. The Kier molecular flexibility index (Phi) is 3.51. The summed E-state index contributed by atoms with van der Waals surface area (Å²) >= 11 is 0. The maximum Gasteiger partial charge on any atom is 0.153 e. The summed E-state index contributed by atoms with van der Waals surface area (Å²) < 4.78 is 5.87. The molecule has 0 unspecified atom stereocenters. The van der Waals surface area contributed by atoms with Crippen molar-refractivity contribution in [1.29, 1.82) is 0 Å². The number of benzene rings is 1. The van der Waals surface area contributed by atoms with E-state index in [1.807, 2.05) is 39.1 Å². The molecule has 0 saturated carbocycles. The molecule has 6 nitrogen and oxygen atoms in total. The topological polar surface area (TPSA) is 92.6 Å². The van der Waals surface area contributed by atoms with Gasteiger partial charge in [0, 0.05) is 22.7 Å². The molecule has 0 aliphatic heterocycles. The van der Waals surface area contributed by atoms with E-state index in [0.29, 0.717) is 12.4 Å². The van der Waals surface area contributed by atoms with E-state index in [9.17, 15) is 0 Å². The van der Waals surface area contributed by atoms with E-state index >= 15 is 0 Å². The Morgan fingerprint density at radius 2 is 1.96 bits per heavy atom. The van der Waals surface area contributed by atoms with Crippen LogP contribution in [0.1, 0.15) is 26.5 Å². The lowest BCUT2D eigenvalue weighted by Crippen LogP contribution is -2.18. The molecule has 0 aliphatic carbocycles. The van der Waals surface area contributed by atoms with Gasteiger partial charge in [0.15, 0.2) is 5.82 Å². The van der Waals surface area contributed by atoms with Crippen LogP contribution in [0.25, 0.3) is 33.1 Å². The number of anilines is 1. The molecule has 0 atom stereocenters. The highest BCUT2D eigenvalue weighted by Gasteiger charge is 2.14. The minimum Gasteiger partial charge on any atom is -0.382 e. The van der Waals surface area contributed by atoms with Crippen LogP contribution in [0.2, 0.25) is 0 Å². The minimum absolute atomic E-state index is 0.183. The Morgan fingerprint density at radius 3 is 2.76 bits per heavy atom. The normalized spacial score (nSPS) is 12.3. The van der Waals surface area contributed by atoms with Gasteiger partial charge in [-0.1, -0.05) is 6.07 Å². The van der Waals surface area contributed by atoms with Crippen LogP contribution in [0.5, 0.6) is 0 Å². The number of nitrogens with one attached hydrogen (secondary N) is 2. The number of pyridine rings is 1. The van der Waals surface area contributed by atoms with Gasteiger partial charge >= 0.3 is 0 Å². The van der Waals surface area contributed by atoms with Crippen LogP contribution in [0.4, 0.5) is 5.82 Å². The molecule has 128 valence electrons. The summed E-state index contributed by atoms with van der Waals surface area (Å²) in [4.78, 5) is 7.79. The summed E-state index contributed by atoms with van der Waals surface area (Å²) in [7, 11) is 0. The van der Waals surface area contributed by atoms with E-state index in [-0.39, 0.29) is 5.60 Å². The lowest BCUT2D eigenvalue weighted by molar-refractivity contribution is -0.0162. The quantitative estimate of drug-likeness (QED) is 0.527. The second-order valence-electron chi connectivity index (χ2n) is 7.19. The first-order chi connectivity index (χ1) is 11.9. The number of H-pyrrole nitrogens is 2. The Bertz CT molecular complexity index is 1050. The third-order valence-corrected chi connectivity index (χ3v) is 4.15. The molecule has 0 bridgehead atoms. The first-order valence-corrected chi connectivity index (χ1v) is 8.25. The van der Waals surface area contributed by atoms with Crippen LogP contribution in [0.15, 0.2) is 36.5 Å². The van der Waals surface area contributed by atoms with Crippen molar-refractivity contribution in [3.05, 3.63) is 42.2 Å². The zero-order valence-electron chi connectivity index (χ0n) is 14.6. The van der Waals surface area contributed by atoms with E-state index in [1.165, 1.54) is 0 Å². The molecule has 4 N–H and O–H groups in total. The van der Waals surface area contributed by atoms with Crippen molar-refractivity contribution in [2.45, 2.75) is 33.0 Å². The van der Waals surface area contributed by atoms with Crippen molar-refractivity contribution in [2.24, 2.45) is 0 Å². The summed E-state index contributed by atoms with van der Waals surface area (Å²) in [5, 5.41) is 8.98. The maximum absolute atomic E-state index is 5.94. The van der Waals surface area contributed by atoms with Crippen LogP contribution >= 0.6 is 0 Å². The summed E-state index contributed by atoms with van der Waals surface area (Å²) in [6, 6.07) is 10.2. The van der Waals surface area contributed by atoms with Gasteiger partial charge in [0.05, 0.1) is 17.7 Å². The molecule has 0 saturated heterocycles. The summed E-state index contributed by atoms with van der Waals surface area (Å²) in [6.07, 6.45) is 1.81. The van der Waals surface area contributed by atoms with Crippen molar-refractivity contribution >= 4 is 27.8 Å². The van der Waals surface area contributed by atoms with Gasteiger partial charge < -0.3 is 15.5 Å². The number of ether oxygens (including phenoxy) is 1. The van der Waals surface area contributed by atoms with E-state index in [1.54, 1.807) is 0 Å². The average molecular weight is 335 g/mol. The standard InChI is InChI=1S/C19H21N5O/c1-19(2,3)25-10-12-9-14-13(6-7-21-18(14)22-12)11-4-5-16-15(8-11)17(20)24-23-16/h4-9H,10H2,1-3H3,(H,21,22)(H3,20,23,24). The van der Waals surface area contributed by atoms with Gasteiger partial charge in [-0.25, -0.2) is 4.98 Å². The Hall–Kier alpha value is -2.86. The molecule has 4 aromatic rings. The summed E-state index contributed by atoms with van der Waals surface area (Å²) in [5.74, 6) is 0.510. The number of hydrogen-bond acceptors (Lipinski definition) is 4. The first-order valence-electron chi connectivity index (χ1n) is 8.25. The van der Waals surface area contributed by atoms with Gasteiger partial charge in [0.25, 0.3) is 0 Å². The van der Waals surface area contributed by atoms with E-state index < -0.39 is 0 Å². The summed E-state index contributed by atoms with van der Waals surface area (Å²) in [5.41, 5.74) is 10.7. The van der Waals surface area contributed by atoms with Crippen LogP contribution in [0, 0.1) is 0 Å². The predicted octanol–water partition coefficient (Wildman–Crippen LogP) is 4.00. The van der Waals surface area contributed by atoms with E-state index in [0.717, 1.165) is 38.8 Å². The van der Waals surface area contributed by atoms with Gasteiger partial charge in [0.1, 0.15) is 5.65 Å². The maximum atomic E-state index is 5.94. The van der Waals surface area contributed by atoms with Crippen molar-refractivity contribution in [2.75, 3.05) is 5.73 Å². The molecule has 0 spiro atoms. The van der Waals surface area contributed by atoms with Crippen molar-refractivity contribution < 1.29 is 4.74 Å². The number of nitrogen functional groups attached to an aromatic ring is 1. The van der Waals surface area contributed by atoms with Gasteiger partial charge in [-0.15, -0.1) is 0 Å². The van der Waals surface area contributed by atoms with Crippen LogP contribution in [-0.4, -0.2) is 25.8 Å². The molecule has 0 amide bonds. The SMILES string of the molecule is CC(C)(C)OCc1cc2c(-c3ccc4[nH]nc(N)c4c3)ccnc2[nH]1. The molecular weight excluding hydrogens is 314 g/mol. The second-order valence-corrected chi connectivity index (χ2v) is 7.19. The third kappa shape index (κ3) is 2.96. The van der Waals surface area contributed by atoms with Gasteiger partial charge in [-0.05, 0) is 56.2 Å². The molecular formula is C19H21N5O. The van der Waals surface area contributed by atoms with Crippen LogP contribution < -0.4 is 5.73 Å². The fourth-order valence-electron chi connectivity index (χ4n) is 2.91. The number of nitrogens with two attached hydrogens (primary N) is 1. The molecule has 0 radical (unpaired) electrons. The first kappa shape index (κ1) is 15.7. The highest BCUT2D eigenvalue weighted by Crippen LogP contribution is 2.31. The number of nitrogens with zero attached hydrogens (tertiary/aromatic N) is 2. The lowest BCUT2D eigenvalue weighted by Gasteiger charge is -2.18. The fourth-order valence-corrected chi connectivity index (χ4v) is 2.91. The molecule has 1 aromatic carbocycles.